The predicted molar refractivity (Wildman–Crippen MR) is 80.3 cm³/mol. The van der Waals surface area contributed by atoms with Crippen molar-refractivity contribution in [1.29, 1.82) is 5.26 Å². The number of nitrogens with zero attached hydrogens (tertiary/aromatic N) is 1. The topological polar surface area (TPSA) is 64.9 Å². The van der Waals surface area contributed by atoms with E-state index in [0.717, 1.165) is 0 Å². The van der Waals surface area contributed by atoms with Crippen LogP contribution in [0.1, 0.15) is 24.2 Å². The summed E-state index contributed by atoms with van der Waals surface area (Å²) in [5.74, 6) is -1.15. The lowest BCUT2D eigenvalue weighted by molar-refractivity contribution is 0.0868. The first-order valence-corrected chi connectivity index (χ1v) is 6.69. The third-order valence-corrected chi connectivity index (χ3v) is 3.30. The van der Waals surface area contributed by atoms with Gasteiger partial charge in [0.05, 0.1) is 6.07 Å². The molecule has 1 aromatic carbocycles. The van der Waals surface area contributed by atoms with Crippen LogP contribution in [0.25, 0.3) is 0 Å². The molecule has 1 aromatic rings. The molecule has 20 heavy (non-hydrogen) atoms. The van der Waals surface area contributed by atoms with Crippen molar-refractivity contribution in [3.05, 3.63) is 47.6 Å². The van der Waals surface area contributed by atoms with E-state index < -0.39 is 11.6 Å². The Morgan fingerprint density at radius 3 is 2.60 bits per heavy atom. The maximum atomic E-state index is 12.5. The molecule has 0 radical (unpaired) electrons. The number of hydrogen-bond acceptors (Lipinski definition) is 4. The van der Waals surface area contributed by atoms with Gasteiger partial charge >= 0.3 is 0 Å². The Hall–Kier alpha value is -1.83. The number of hydrogen-bond donors (Lipinski definition) is 2. The normalized spacial score (nSPS) is 14.7. The highest BCUT2D eigenvalue weighted by Crippen LogP contribution is 2.21. The SMILES string of the molecule is C=CNC(C)(NCC)C(C#N)C(=O)c1ccc(Cl)cc1. The third-order valence-electron chi connectivity index (χ3n) is 3.04. The molecule has 0 aliphatic rings. The van der Waals surface area contributed by atoms with Gasteiger partial charge in [0.1, 0.15) is 11.6 Å². The Kier molecular flexibility index (Phi) is 5.75. The fourth-order valence-corrected chi connectivity index (χ4v) is 2.17. The number of carbonyl (C=O) groups is 1. The summed E-state index contributed by atoms with van der Waals surface area (Å²) < 4.78 is 0. The molecule has 0 aromatic heterocycles. The number of nitrogens with one attached hydrogen (secondary N) is 2. The predicted octanol–water partition coefficient (Wildman–Crippen LogP) is 2.72. The molecule has 0 fully saturated rings. The second-order valence-corrected chi connectivity index (χ2v) is 4.95. The maximum absolute atomic E-state index is 12.5. The molecular weight excluding hydrogens is 274 g/mol. The average molecular weight is 292 g/mol. The number of nitriles is 1. The zero-order valence-electron chi connectivity index (χ0n) is 11.6. The lowest BCUT2D eigenvalue weighted by Gasteiger charge is -2.34. The second-order valence-electron chi connectivity index (χ2n) is 4.51. The molecule has 4 nitrogen and oxygen atoms in total. The monoisotopic (exact) mass is 291 g/mol. The number of benzene rings is 1. The number of ketones is 1. The molecule has 0 aliphatic carbocycles. The van der Waals surface area contributed by atoms with Crippen LogP contribution in [0.5, 0.6) is 0 Å². The van der Waals surface area contributed by atoms with Gasteiger partial charge in [-0.25, -0.2) is 0 Å². The molecule has 106 valence electrons. The number of halogens is 1. The van der Waals surface area contributed by atoms with Crippen LogP contribution in [0.2, 0.25) is 5.02 Å². The van der Waals surface area contributed by atoms with Crippen LogP contribution in [0.3, 0.4) is 0 Å². The van der Waals surface area contributed by atoms with Gasteiger partial charge in [-0.3, -0.25) is 10.1 Å². The zero-order valence-corrected chi connectivity index (χ0v) is 12.4. The van der Waals surface area contributed by atoms with Gasteiger partial charge in [-0.2, -0.15) is 5.26 Å². The Bertz CT molecular complexity index is 521. The minimum atomic E-state index is -0.887. The van der Waals surface area contributed by atoms with Crippen LogP contribution < -0.4 is 10.6 Å². The van der Waals surface area contributed by atoms with Gasteiger partial charge in [0.15, 0.2) is 5.78 Å². The van der Waals surface area contributed by atoms with Crippen molar-refractivity contribution in [2.75, 3.05) is 6.54 Å². The summed E-state index contributed by atoms with van der Waals surface area (Å²) in [7, 11) is 0. The number of rotatable bonds is 7. The van der Waals surface area contributed by atoms with Gasteiger partial charge < -0.3 is 5.32 Å². The molecule has 0 spiro atoms. The minimum absolute atomic E-state index is 0.262. The first-order chi connectivity index (χ1) is 9.48. The highest BCUT2D eigenvalue weighted by Gasteiger charge is 2.38. The molecular formula is C15H18ClN3O. The molecule has 2 unspecified atom stereocenters. The van der Waals surface area contributed by atoms with Gasteiger partial charge in [0, 0.05) is 10.6 Å². The first-order valence-electron chi connectivity index (χ1n) is 6.31. The molecule has 2 atom stereocenters. The quantitative estimate of drug-likeness (QED) is 0.599. The van der Waals surface area contributed by atoms with Crippen molar-refractivity contribution in [2.24, 2.45) is 5.92 Å². The largest absolute Gasteiger partial charge is 0.373 e. The van der Waals surface area contributed by atoms with Gasteiger partial charge in [-0.1, -0.05) is 25.1 Å². The van der Waals surface area contributed by atoms with Crippen LogP contribution >= 0.6 is 11.6 Å². The van der Waals surface area contributed by atoms with E-state index in [1.807, 2.05) is 6.92 Å². The second kappa shape index (κ2) is 7.09. The van der Waals surface area contributed by atoms with Crippen LogP contribution in [0.4, 0.5) is 0 Å². The molecule has 0 saturated carbocycles. The Morgan fingerprint density at radius 2 is 2.15 bits per heavy atom. The Labute approximate surface area is 124 Å². The van der Waals surface area contributed by atoms with Crippen molar-refractivity contribution < 1.29 is 4.79 Å². The van der Waals surface area contributed by atoms with Gasteiger partial charge in [0.2, 0.25) is 0 Å². The number of Topliss-reactive ketones (excluding diaryl/α,β-unsaturated/α-hetero) is 1. The van der Waals surface area contributed by atoms with Gasteiger partial charge in [-0.05, 0) is 43.9 Å². The molecule has 2 N–H and O–H groups in total. The summed E-state index contributed by atoms with van der Waals surface area (Å²) in [5, 5.41) is 16.0. The van der Waals surface area contributed by atoms with E-state index in [-0.39, 0.29) is 5.78 Å². The van der Waals surface area contributed by atoms with Crippen molar-refractivity contribution in [3.63, 3.8) is 0 Å². The Morgan fingerprint density at radius 1 is 1.55 bits per heavy atom. The van der Waals surface area contributed by atoms with E-state index in [2.05, 4.69) is 23.3 Å². The summed E-state index contributed by atoms with van der Waals surface area (Å²) in [6, 6.07) is 8.58. The first kappa shape index (κ1) is 16.2. The highest BCUT2D eigenvalue weighted by atomic mass is 35.5. The van der Waals surface area contributed by atoms with Crippen molar-refractivity contribution in [3.8, 4) is 6.07 Å². The van der Waals surface area contributed by atoms with E-state index >= 15 is 0 Å². The van der Waals surface area contributed by atoms with E-state index in [1.54, 1.807) is 31.2 Å². The fraction of sp³-hybridized carbons (Fsp3) is 0.333. The van der Waals surface area contributed by atoms with Gasteiger partial charge in [0.25, 0.3) is 0 Å². The van der Waals surface area contributed by atoms with Crippen LogP contribution in [0, 0.1) is 17.2 Å². The highest BCUT2D eigenvalue weighted by molar-refractivity contribution is 6.30. The van der Waals surface area contributed by atoms with Crippen molar-refractivity contribution in [1.82, 2.24) is 10.6 Å². The van der Waals surface area contributed by atoms with Crippen molar-refractivity contribution >= 4 is 17.4 Å². The zero-order chi connectivity index (χ0) is 15.2. The summed E-state index contributed by atoms with van der Waals surface area (Å²) in [4.78, 5) is 12.5. The van der Waals surface area contributed by atoms with Gasteiger partial charge in [-0.15, -0.1) is 0 Å². The lowest BCUT2D eigenvalue weighted by atomic mass is 9.87. The third kappa shape index (κ3) is 3.60. The molecule has 0 aliphatic heterocycles. The van der Waals surface area contributed by atoms with E-state index in [0.29, 0.717) is 17.1 Å². The molecule has 0 amide bonds. The van der Waals surface area contributed by atoms with Crippen LogP contribution in [-0.2, 0) is 0 Å². The van der Waals surface area contributed by atoms with Crippen LogP contribution in [-0.4, -0.2) is 18.0 Å². The molecule has 0 bridgehead atoms. The molecule has 0 heterocycles. The van der Waals surface area contributed by atoms with Crippen LogP contribution in [0.15, 0.2) is 37.0 Å². The molecule has 5 heteroatoms. The summed E-state index contributed by atoms with van der Waals surface area (Å²) in [5.41, 5.74) is -0.418. The summed E-state index contributed by atoms with van der Waals surface area (Å²) >= 11 is 5.80. The standard InChI is InChI=1S/C15H18ClN3O/c1-4-18-15(3,19-5-2)13(10-17)14(20)11-6-8-12(16)9-7-11/h4,6-9,13,18-19H,1,5H2,2-3H3. The average Bonchev–Trinajstić information content (AvgIpc) is 2.40. The summed E-state index contributed by atoms with van der Waals surface area (Å²) in [6.45, 7) is 7.88. The molecule has 1 rings (SSSR count). The Balaban J connectivity index is 3.10. The number of carbonyl (C=O) groups excluding carboxylic acids is 1. The fourth-order valence-electron chi connectivity index (χ4n) is 2.05. The smallest absolute Gasteiger partial charge is 0.183 e. The molecule has 0 saturated heterocycles. The van der Waals surface area contributed by atoms with E-state index in [4.69, 9.17) is 11.6 Å². The minimum Gasteiger partial charge on any atom is -0.373 e. The van der Waals surface area contributed by atoms with E-state index in [9.17, 15) is 10.1 Å². The maximum Gasteiger partial charge on any atom is 0.183 e. The van der Waals surface area contributed by atoms with Crippen molar-refractivity contribution in [2.45, 2.75) is 19.5 Å². The van der Waals surface area contributed by atoms with E-state index in [1.165, 1.54) is 6.20 Å². The lowest BCUT2D eigenvalue weighted by Crippen LogP contribution is -2.59. The summed E-state index contributed by atoms with van der Waals surface area (Å²) in [6.07, 6.45) is 1.47.